The highest BCUT2D eigenvalue weighted by molar-refractivity contribution is 5.98. The fourth-order valence-corrected chi connectivity index (χ4v) is 8.46. The van der Waals surface area contributed by atoms with E-state index < -0.39 is 0 Å². The lowest BCUT2D eigenvalue weighted by Crippen LogP contribution is -2.16. The van der Waals surface area contributed by atoms with E-state index in [1.54, 1.807) is 0 Å². The lowest BCUT2D eigenvalue weighted by Gasteiger charge is -2.26. The third kappa shape index (κ3) is 8.11. The normalized spacial score (nSPS) is 12.2. The van der Waals surface area contributed by atoms with Crippen LogP contribution in [0, 0.1) is 6.92 Å². The molecule has 2 heterocycles. The average molecular weight is 816 g/mol. The van der Waals surface area contributed by atoms with Crippen LogP contribution in [0.3, 0.4) is 0 Å². The molecule has 0 saturated carbocycles. The lowest BCUT2D eigenvalue weighted by molar-refractivity contribution is 0.466. The van der Waals surface area contributed by atoms with Crippen molar-refractivity contribution in [1.29, 1.82) is 0 Å². The molecule has 0 saturated heterocycles. The number of hydrogen-bond donors (Lipinski definition) is 1. The highest BCUT2D eigenvalue weighted by Gasteiger charge is 2.27. The standard InChI is InChI=1S/C58H61N3O/c1-12-58(10,11)45-25-26-52(49(35-45)40-17-14-13-15-18-40)61-53-20-16-19-47(54(53)60-56(61)50-33-42(36(2)3)32-48(37(4)5)55(50)62)43-29-44(31-46(30-43)57(7,8)9)51-34-41(27-28-59-51)39-23-21-38(6)22-24-39/h13-37,62H,12H2,1-11H3. The second kappa shape index (κ2) is 16.5. The van der Waals surface area contributed by atoms with Crippen molar-refractivity contribution < 1.29 is 5.11 Å². The Morgan fingerprint density at radius 1 is 0.597 bits per heavy atom. The van der Waals surface area contributed by atoms with E-state index in [2.05, 4.69) is 214 Å². The summed E-state index contributed by atoms with van der Waals surface area (Å²) in [6, 6.07) is 48.3. The topological polar surface area (TPSA) is 50.9 Å². The predicted molar refractivity (Wildman–Crippen MR) is 263 cm³/mol. The Bertz CT molecular complexity index is 2910. The van der Waals surface area contributed by atoms with E-state index >= 15 is 0 Å². The monoisotopic (exact) mass is 815 g/mol. The molecular formula is C58H61N3O. The molecule has 6 aromatic carbocycles. The number of para-hydroxylation sites is 1. The first-order chi connectivity index (χ1) is 29.5. The number of benzene rings is 6. The van der Waals surface area contributed by atoms with Gasteiger partial charge in [0, 0.05) is 22.9 Å². The van der Waals surface area contributed by atoms with Crippen LogP contribution in [0.25, 0.3) is 72.7 Å². The van der Waals surface area contributed by atoms with E-state index in [0.29, 0.717) is 5.82 Å². The Morgan fingerprint density at radius 2 is 1.32 bits per heavy atom. The molecule has 1 N–H and O–H groups in total. The number of aromatic nitrogens is 3. The van der Waals surface area contributed by atoms with Gasteiger partial charge in [0.05, 0.1) is 28.0 Å². The third-order valence-electron chi connectivity index (χ3n) is 12.9. The quantitative estimate of drug-likeness (QED) is 0.150. The molecule has 62 heavy (non-hydrogen) atoms. The van der Waals surface area contributed by atoms with Crippen LogP contribution in [0.2, 0.25) is 0 Å². The van der Waals surface area contributed by atoms with Gasteiger partial charge in [0.2, 0.25) is 0 Å². The van der Waals surface area contributed by atoms with E-state index in [4.69, 9.17) is 9.97 Å². The number of pyridine rings is 1. The third-order valence-corrected chi connectivity index (χ3v) is 12.9. The summed E-state index contributed by atoms with van der Waals surface area (Å²) >= 11 is 0. The van der Waals surface area contributed by atoms with Crippen LogP contribution < -0.4 is 0 Å². The van der Waals surface area contributed by atoms with Crippen molar-refractivity contribution in [2.45, 2.75) is 105 Å². The Hall–Kier alpha value is -6.26. The molecule has 0 bridgehead atoms. The maximum absolute atomic E-state index is 12.3. The van der Waals surface area contributed by atoms with E-state index in [-0.39, 0.29) is 28.4 Å². The highest BCUT2D eigenvalue weighted by Crippen LogP contribution is 2.45. The SMILES string of the molecule is CCC(C)(C)c1ccc(-n2c(-c3cc(C(C)C)cc(C(C)C)c3O)nc3c(-c4cc(-c5cc(-c6ccc(C)cc6)ccn5)cc(C(C)(C)C)c4)cccc32)c(-c2ccccc2)c1. The molecule has 0 fully saturated rings. The molecule has 0 aliphatic heterocycles. The van der Waals surface area contributed by atoms with Crippen molar-refractivity contribution in [2.75, 3.05) is 0 Å². The number of fused-ring (bicyclic) bond motifs is 1. The number of hydrogen-bond acceptors (Lipinski definition) is 3. The first-order valence-electron chi connectivity index (χ1n) is 22.3. The molecular weight excluding hydrogens is 755 g/mol. The predicted octanol–water partition coefficient (Wildman–Crippen LogP) is 16.0. The van der Waals surface area contributed by atoms with Gasteiger partial charge in [-0.05, 0) is 129 Å². The molecule has 8 rings (SSSR count). The number of imidazole rings is 1. The molecule has 4 nitrogen and oxygen atoms in total. The Morgan fingerprint density at radius 3 is 2.00 bits per heavy atom. The number of nitrogens with zero attached hydrogens (tertiary/aromatic N) is 3. The largest absolute Gasteiger partial charge is 0.507 e. The lowest BCUT2D eigenvalue weighted by atomic mass is 9.81. The van der Waals surface area contributed by atoms with Gasteiger partial charge in [0.25, 0.3) is 0 Å². The van der Waals surface area contributed by atoms with E-state index in [1.165, 1.54) is 27.8 Å². The minimum atomic E-state index is -0.132. The van der Waals surface area contributed by atoms with E-state index in [9.17, 15) is 5.11 Å². The van der Waals surface area contributed by atoms with Gasteiger partial charge < -0.3 is 5.11 Å². The fraction of sp³-hybridized carbons (Fsp3) is 0.276. The van der Waals surface area contributed by atoms with E-state index in [0.717, 1.165) is 73.3 Å². The summed E-state index contributed by atoms with van der Waals surface area (Å²) in [6.07, 6.45) is 2.93. The van der Waals surface area contributed by atoms with Crippen molar-refractivity contribution in [1.82, 2.24) is 14.5 Å². The minimum absolute atomic E-state index is 0.0185. The van der Waals surface area contributed by atoms with Gasteiger partial charge in [0.15, 0.2) is 0 Å². The minimum Gasteiger partial charge on any atom is -0.507 e. The zero-order chi connectivity index (χ0) is 44.1. The molecule has 0 aliphatic carbocycles. The second-order valence-electron chi connectivity index (χ2n) is 19.4. The summed E-state index contributed by atoms with van der Waals surface area (Å²) in [6.45, 7) is 24.5. The van der Waals surface area contributed by atoms with Crippen molar-refractivity contribution in [3.05, 3.63) is 167 Å². The fourth-order valence-electron chi connectivity index (χ4n) is 8.46. The maximum atomic E-state index is 12.3. The number of rotatable bonds is 10. The first kappa shape index (κ1) is 42.4. The molecule has 4 heteroatoms. The molecule has 8 aromatic rings. The first-order valence-corrected chi connectivity index (χ1v) is 22.3. The Labute approximate surface area is 369 Å². The maximum Gasteiger partial charge on any atom is 0.149 e. The molecule has 0 radical (unpaired) electrons. The van der Waals surface area contributed by atoms with Crippen molar-refractivity contribution in [3.63, 3.8) is 0 Å². The van der Waals surface area contributed by atoms with Crippen LogP contribution in [-0.4, -0.2) is 19.6 Å². The smallest absolute Gasteiger partial charge is 0.149 e. The summed E-state index contributed by atoms with van der Waals surface area (Å²) in [5.41, 5.74) is 17.9. The van der Waals surface area contributed by atoms with Gasteiger partial charge in [-0.2, -0.15) is 0 Å². The number of phenols is 1. The molecule has 0 unspecified atom stereocenters. The van der Waals surface area contributed by atoms with Gasteiger partial charge in [-0.25, -0.2) is 4.98 Å². The molecule has 0 aliphatic rings. The Kier molecular flexibility index (Phi) is 11.3. The highest BCUT2D eigenvalue weighted by atomic mass is 16.3. The number of phenolic OH excluding ortho intramolecular Hbond substituents is 1. The zero-order valence-corrected chi connectivity index (χ0v) is 38.4. The molecule has 2 aromatic heterocycles. The van der Waals surface area contributed by atoms with Crippen molar-refractivity contribution >= 4 is 11.0 Å². The van der Waals surface area contributed by atoms with Gasteiger partial charge in [-0.15, -0.1) is 0 Å². The van der Waals surface area contributed by atoms with Crippen LogP contribution >= 0.6 is 0 Å². The number of aromatic hydroxyl groups is 1. The zero-order valence-electron chi connectivity index (χ0n) is 38.4. The summed E-state index contributed by atoms with van der Waals surface area (Å²) in [5.74, 6) is 1.37. The van der Waals surface area contributed by atoms with Gasteiger partial charge in [-0.3, -0.25) is 9.55 Å². The van der Waals surface area contributed by atoms with Crippen LogP contribution in [0.4, 0.5) is 0 Å². The van der Waals surface area contributed by atoms with Crippen LogP contribution in [0.15, 0.2) is 140 Å². The van der Waals surface area contributed by atoms with Crippen LogP contribution in [-0.2, 0) is 10.8 Å². The van der Waals surface area contributed by atoms with Gasteiger partial charge >= 0.3 is 0 Å². The van der Waals surface area contributed by atoms with Crippen molar-refractivity contribution in [3.8, 4) is 67.5 Å². The van der Waals surface area contributed by atoms with E-state index in [1.807, 2.05) is 6.20 Å². The molecule has 0 amide bonds. The molecule has 0 atom stereocenters. The van der Waals surface area contributed by atoms with Gasteiger partial charge in [0.1, 0.15) is 11.6 Å². The molecule has 0 spiro atoms. The summed E-state index contributed by atoms with van der Waals surface area (Å²) in [4.78, 5) is 10.6. The average Bonchev–Trinajstić information content (AvgIpc) is 3.65. The summed E-state index contributed by atoms with van der Waals surface area (Å²) in [7, 11) is 0. The Balaban J connectivity index is 1.44. The van der Waals surface area contributed by atoms with Crippen LogP contribution in [0.1, 0.15) is 115 Å². The van der Waals surface area contributed by atoms with Crippen LogP contribution in [0.5, 0.6) is 5.75 Å². The number of aryl methyl sites for hydroxylation is 1. The second-order valence-corrected chi connectivity index (χ2v) is 19.4. The van der Waals surface area contributed by atoms with Crippen molar-refractivity contribution in [2.24, 2.45) is 0 Å². The molecule has 314 valence electrons. The summed E-state index contributed by atoms with van der Waals surface area (Å²) < 4.78 is 2.30. The summed E-state index contributed by atoms with van der Waals surface area (Å²) in [5, 5.41) is 12.3. The van der Waals surface area contributed by atoms with Gasteiger partial charge in [-0.1, -0.05) is 160 Å².